The number of likely N-dealkylation sites (tertiary alicyclic amines) is 1. The van der Waals surface area contributed by atoms with E-state index in [1.165, 1.54) is 12.1 Å². The predicted molar refractivity (Wildman–Crippen MR) is 73.4 cm³/mol. The second kappa shape index (κ2) is 6.41. The van der Waals surface area contributed by atoms with Crippen molar-refractivity contribution in [2.24, 2.45) is 0 Å². The number of hydrogen-bond donors (Lipinski definition) is 1. The van der Waals surface area contributed by atoms with Gasteiger partial charge in [-0.25, -0.2) is 4.79 Å². The van der Waals surface area contributed by atoms with E-state index in [0.717, 1.165) is 19.3 Å². The van der Waals surface area contributed by atoms with Gasteiger partial charge in [-0.1, -0.05) is 12.1 Å². The van der Waals surface area contributed by atoms with Crippen LogP contribution in [0.2, 0.25) is 0 Å². The van der Waals surface area contributed by atoms with E-state index < -0.39 is 5.97 Å². The lowest BCUT2D eigenvalue weighted by Gasteiger charge is -2.33. The van der Waals surface area contributed by atoms with E-state index in [-0.39, 0.29) is 29.9 Å². The zero-order valence-electron chi connectivity index (χ0n) is 11.5. The third-order valence-electron chi connectivity index (χ3n) is 3.57. The standard InChI is InChI=1S/C15H19NO4/c1-11-6-4-5-9-16(11)14(18)10-20-15(19)12-7-2-3-8-13(12)17/h2-3,7-8,11,17H,4-6,9-10H2,1H3/t11-/m0/s1. The Morgan fingerprint density at radius 1 is 1.35 bits per heavy atom. The Morgan fingerprint density at radius 2 is 2.10 bits per heavy atom. The van der Waals surface area contributed by atoms with Gasteiger partial charge in [0, 0.05) is 12.6 Å². The minimum atomic E-state index is -0.680. The minimum absolute atomic E-state index is 0.0759. The summed E-state index contributed by atoms with van der Waals surface area (Å²) in [5.41, 5.74) is 0.0759. The van der Waals surface area contributed by atoms with Gasteiger partial charge in [0.25, 0.3) is 5.91 Å². The third-order valence-corrected chi connectivity index (χ3v) is 3.57. The Hall–Kier alpha value is -2.04. The van der Waals surface area contributed by atoms with E-state index in [9.17, 15) is 14.7 Å². The Balaban J connectivity index is 1.90. The molecule has 0 aliphatic carbocycles. The molecule has 1 fully saturated rings. The average Bonchev–Trinajstić information content (AvgIpc) is 2.45. The second-order valence-corrected chi connectivity index (χ2v) is 5.03. The first kappa shape index (κ1) is 14.4. The van der Waals surface area contributed by atoms with E-state index in [2.05, 4.69) is 0 Å². The number of carbonyl (C=O) groups excluding carboxylic acids is 2. The third kappa shape index (κ3) is 3.29. The van der Waals surface area contributed by atoms with Crippen molar-refractivity contribution in [3.05, 3.63) is 29.8 Å². The maximum atomic E-state index is 12.0. The highest BCUT2D eigenvalue weighted by atomic mass is 16.5. The summed E-state index contributed by atoms with van der Waals surface area (Å²) in [7, 11) is 0. The number of hydrogen-bond acceptors (Lipinski definition) is 4. The van der Waals surface area contributed by atoms with Crippen LogP contribution in [0.5, 0.6) is 5.75 Å². The molecule has 1 aliphatic heterocycles. The maximum absolute atomic E-state index is 12.0. The molecule has 0 bridgehead atoms. The van der Waals surface area contributed by atoms with Gasteiger partial charge in [0.2, 0.25) is 0 Å². The summed E-state index contributed by atoms with van der Waals surface area (Å²) in [6.45, 7) is 2.44. The maximum Gasteiger partial charge on any atom is 0.342 e. The molecule has 1 aromatic rings. The van der Waals surface area contributed by atoms with Gasteiger partial charge in [0.15, 0.2) is 6.61 Å². The lowest BCUT2D eigenvalue weighted by atomic mass is 10.0. The highest BCUT2D eigenvalue weighted by molar-refractivity contribution is 5.93. The summed E-state index contributed by atoms with van der Waals surface area (Å²) in [6, 6.07) is 6.31. The van der Waals surface area contributed by atoms with Crippen LogP contribution in [-0.4, -0.2) is 41.1 Å². The number of piperidine rings is 1. The van der Waals surface area contributed by atoms with Gasteiger partial charge in [-0.2, -0.15) is 0 Å². The second-order valence-electron chi connectivity index (χ2n) is 5.03. The molecule has 0 saturated carbocycles. The minimum Gasteiger partial charge on any atom is -0.507 e. The van der Waals surface area contributed by atoms with Crippen molar-refractivity contribution in [3.63, 3.8) is 0 Å². The molecule has 1 aliphatic rings. The number of carbonyl (C=O) groups is 2. The number of esters is 1. The van der Waals surface area contributed by atoms with Crippen molar-refractivity contribution in [2.75, 3.05) is 13.2 Å². The molecule has 1 saturated heterocycles. The molecule has 1 N–H and O–H groups in total. The Bertz CT molecular complexity index is 500. The summed E-state index contributed by atoms with van der Waals surface area (Å²) in [6.07, 6.45) is 3.10. The Labute approximate surface area is 118 Å². The zero-order chi connectivity index (χ0) is 14.5. The highest BCUT2D eigenvalue weighted by Gasteiger charge is 2.24. The number of para-hydroxylation sites is 1. The Kier molecular flexibility index (Phi) is 4.61. The van der Waals surface area contributed by atoms with Gasteiger partial charge < -0.3 is 14.7 Å². The van der Waals surface area contributed by atoms with E-state index in [1.54, 1.807) is 17.0 Å². The molecule has 0 spiro atoms. The molecular formula is C15H19NO4. The molecule has 0 radical (unpaired) electrons. The van der Waals surface area contributed by atoms with Crippen LogP contribution >= 0.6 is 0 Å². The summed E-state index contributed by atoms with van der Waals surface area (Å²) in [4.78, 5) is 25.5. The zero-order valence-corrected chi connectivity index (χ0v) is 11.5. The topological polar surface area (TPSA) is 66.8 Å². The van der Waals surface area contributed by atoms with Crippen molar-refractivity contribution in [1.29, 1.82) is 0 Å². The summed E-state index contributed by atoms with van der Waals surface area (Å²) in [5, 5.41) is 9.54. The lowest BCUT2D eigenvalue weighted by Crippen LogP contribution is -2.44. The van der Waals surface area contributed by atoms with Crippen LogP contribution in [0, 0.1) is 0 Å². The van der Waals surface area contributed by atoms with Crippen molar-refractivity contribution in [3.8, 4) is 5.75 Å². The number of amides is 1. The Morgan fingerprint density at radius 3 is 2.80 bits per heavy atom. The number of phenolic OH excluding ortho intramolecular Hbond substituents is 1. The van der Waals surface area contributed by atoms with Gasteiger partial charge in [0.1, 0.15) is 11.3 Å². The first-order valence-electron chi connectivity index (χ1n) is 6.84. The summed E-state index contributed by atoms with van der Waals surface area (Å²) >= 11 is 0. The number of ether oxygens (including phenoxy) is 1. The van der Waals surface area contributed by atoms with E-state index in [4.69, 9.17) is 4.74 Å². The van der Waals surface area contributed by atoms with Gasteiger partial charge >= 0.3 is 5.97 Å². The van der Waals surface area contributed by atoms with Crippen LogP contribution in [0.4, 0.5) is 0 Å². The van der Waals surface area contributed by atoms with Crippen molar-refractivity contribution in [2.45, 2.75) is 32.2 Å². The largest absolute Gasteiger partial charge is 0.507 e. The van der Waals surface area contributed by atoms with E-state index >= 15 is 0 Å². The number of nitrogens with zero attached hydrogens (tertiary/aromatic N) is 1. The molecule has 0 aromatic heterocycles. The molecular weight excluding hydrogens is 258 g/mol. The molecule has 1 heterocycles. The monoisotopic (exact) mass is 277 g/mol. The van der Waals surface area contributed by atoms with Crippen molar-refractivity contribution >= 4 is 11.9 Å². The molecule has 108 valence electrons. The molecule has 1 aromatic carbocycles. The van der Waals surface area contributed by atoms with Crippen LogP contribution in [0.15, 0.2) is 24.3 Å². The highest BCUT2D eigenvalue weighted by Crippen LogP contribution is 2.18. The van der Waals surface area contributed by atoms with Gasteiger partial charge in [0.05, 0.1) is 0 Å². The van der Waals surface area contributed by atoms with Crippen LogP contribution in [0.1, 0.15) is 36.5 Å². The SMILES string of the molecule is C[C@H]1CCCCN1C(=O)COC(=O)c1ccccc1O. The fourth-order valence-electron chi connectivity index (χ4n) is 2.40. The van der Waals surface area contributed by atoms with Gasteiger partial charge in [-0.05, 0) is 38.3 Å². The smallest absolute Gasteiger partial charge is 0.342 e. The molecule has 5 heteroatoms. The quantitative estimate of drug-likeness (QED) is 0.857. The van der Waals surface area contributed by atoms with Crippen LogP contribution in [0.25, 0.3) is 0 Å². The van der Waals surface area contributed by atoms with Gasteiger partial charge in [-0.15, -0.1) is 0 Å². The fraction of sp³-hybridized carbons (Fsp3) is 0.467. The van der Waals surface area contributed by atoms with Crippen LogP contribution < -0.4 is 0 Å². The molecule has 2 rings (SSSR count). The van der Waals surface area contributed by atoms with Crippen LogP contribution in [-0.2, 0) is 9.53 Å². The molecule has 20 heavy (non-hydrogen) atoms. The normalized spacial score (nSPS) is 18.6. The number of benzene rings is 1. The molecule has 1 amide bonds. The van der Waals surface area contributed by atoms with Crippen molar-refractivity contribution in [1.82, 2.24) is 4.90 Å². The summed E-state index contributed by atoms with van der Waals surface area (Å²) in [5.74, 6) is -1.00. The van der Waals surface area contributed by atoms with Gasteiger partial charge in [-0.3, -0.25) is 4.79 Å². The first-order valence-corrected chi connectivity index (χ1v) is 6.84. The summed E-state index contributed by atoms with van der Waals surface area (Å²) < 4.78 is 4.98. The molecule has 5 nitrogen and oxygen atoms in total. The van der Waals surface area contributed by atoms with Crippen molar-refractivity contribution < 1.29 is 19.4 Å². The average molecular weight is 277 g/mol. The number of rotatable bonds is 3. The molecule has 1 atom stereocenters. The first-order chi connectivity index (χ1) is 9.59. The van der Waals surface area contributed by atoms with E-state index in [0.29, 0.717) is 6.54 Å². The molecule has 0 unspecified atom stereocenters. The number of aromatic hydroxyl groups is 1. The lowest BCUT2D eigenvalue weighted by molar-refractivity contribution is -0.137. The van der Waals surface area contributed by atoms with Crippen LogP contribution in [0.3, 0.4) is 0 Å². The predicted octanol–water partition coefficient (Wildman–Crippen LogP) is 1.95. The van der Waals surface area contributed by atoms with E-state index in [1.807, 2.05) is 6.92 Å². The number of phenols is 1. The fourth-order valence-corrected chi connectivity index (χ4v) is 2.40.